The fraction of sp³-hybridized carbons (Fsp3) is 0.909. The van der Waals surface area contributed by atoms with Crippen molar-refractivity contribution in [3.63, 3.8) is 0 Å². The molecule has 1 heterocycles. The lowest BCUT2D eigenvalue weighted by Gasteiger charge is -2.41. The maximum absolute atomic E-state index is 12.3. The Morgan fingerprint density at radius 3 is 2.21 bits per heavy atom. The van der Waals surface area contributed by atoms with E-state index in [0.29, 0.717) is 12.8 Å². The lowest BCUT2D eigenvalue weighted by atomic mass is 9.78. The van der Waals surface area contributed by atoms with Crippen LogP contribution < -0.4 is 4.72 Å². The van der Waals surface area contributed by atoms with Gasteiger partial charge in [-0.3, -0.25) is 4.79 Å². The topological polar surface area (TPSA) is 95.9 Å². The first kappa shape index (κ1) is 14.7. The number of aliphatic carboxylic acids is 1. The number of hydrogen-bond acceptors (Lipinski definition) is 4. The third kappa shape index (κ3) is 2.91. The summed E-state index contributed by atoms with van der Waals surface area (Å²) in [6.45, 7) is 4.09. The summed E-state index contributed by atoms with van der Waals surface area (Å²) in [5.74, 6) is -1.10. The van der Waals surface area contributed by atoms with Gasteiger partial charge >= 0.3 is 5.97 Å². The Labute approximate surface area is 113 Å². The molecule has 2 rings (SSSR count). The lowest BCUT2D eigenvalue weighted by molar-refractivity contribution is -0.147. The Kier molecular flexibility index (Phi) is 3.87. The molecule has 1 saturated heterocycles. The molecule has 0 amide bonds. The number of nitrogens with zero attached hydrogens (tertiary/aromatic N) is 1. The summed E-state index contributed by atoms with van der Waals surface area (Å²) in [5.41, 5.74) is -1.32. The molecule has 110 valence electrons. The Balaban J connectivity index is 2.12. The van der Waals surface area contributed by atoms with E-state index in [0.717, 1.165) is 6.42 Å². The average molecular weight is 292 g/mol. The van der Waals surface area contributed by atoms with Crippen LogP contribution in [0.25, 0.3) is 0 Å². The van der Waals surface area contributed by atoms with Gasteiger partial charge in [0.1, 0.15) is 5.54 Å². The minimum absolute atomic E-state index is 0.192. The molecule has 0 bridgehead atoms. The minimum Gasteiger partial charge on any atom is -0.480 e. The van der Waals surface area contributed by atoms with Gasteiger partial charge in [0.25, 0.3) is 10.2 Å². The number of morpholine rings is 1. The number of rotatable bonds is 4. The molecule has 19 heavy (non-hydrogen) atoms. The fourth-order valence-corrected chi connectivity index (χ4v) is 4.25. The average Bonchev–Trinajstić information content (AvgIpc) is 2.21. The largest absolute Gasteiger partial charge is 0.480 e. The van der Waals surface area contributed by atoms with E-state index in [4.69, 9.17) is 4.74 Å². The third-order valence-corrected chi connectivity index (χ3v) is 5.29. The second-order valence-electron chi connectivity index (χ2n) is 5.42. The first-order valence-corrected chi connectivity index (χ1v) is 7.87. The van der Waals surface area contributed by atoms with E-state index in [-0.39, 0.29) is 25.3 Å². The van der Waals surface area contributed by atoms with Crippen molar-refractivity contribution in [1.29, 1.82) is 0 Å². The van der Waals surface area contributed by atoms with Crippen LogP contribution in [0.3, 0.4) is 0 Å². The Morgan fingerprint density at radius 1 is 1.32 bits per heavy atom. The van der Waals surface area contributed by atoms with Gasteiger partial charge in [-0.25, -0.2) is 0 Å². The van der Waals surface area contributed by atoms with Crippen LogP contribution in [0.1, 0.15) is 33.1 Å². The van der Waals surface area contributed by atoms with Crippen LogP contribution in [0.2, 0.25) is 0 Å². The van der Waals surface area contributed by atoms with Crippen molar-refractivity contribution in [2.75, 3.05) is 13.1 Å². The summed E-state index contributed by atoms with van der Waals surface area (Å²) in [4.78, 5) is 11.2. The number of nitrogens with one attached hydrogen (secondary N) is 1. The van der Waals surface area contributed by atoms with E-state index in [1.165, 1.54) is 4.31 Å². The molecule has 0 aromatic heterocycles. The molecule has 1 aliphatic carbocycles. The standard InChI is InChI=1S/C11H20N2O5S/c1-8-6-13(7-9(2)18-8)19(16,17)12-11(10(14)15)4-3-5-11/h8-9,12H,3-7H2,1-2H3,(H,14,15). The van der Waals surface area contributed by atoms with Crippen LogP contribution in [-0.2, 0) is 19.7 Å². The van der Waals surface area contributed by atoms with Crippen molar-refractivity contribution in [2.45, 2.75) is 50.9 Å². The highest BCUT2D eigenvalue weighted by Gasteiger charge is 2.49. The number of carboxylic acids is 1. The maximum atomic E-state index is 12.3. The van der Waals surface area contributed by atoms with E-state index in [9.17, 15) is 18.3 Å². The van der Waals surface area contributed by atoms with E-state index in [2.05, 4.69) is 4.72 Å². The maximum Gasteiger partial charge on any atom is 0.324 e. The SMILES string of the molecule is CC1CN(S(=O)(=O)NC2(C(=O)O)CCC2)CC(C)O1. The third-order valence-electron chi connectivity index (χ3n) is 3.67. The second-order valence-corrected chi connectivity index (χ2v) is 7.09. The van der Waals surface area contributed by atoms with Crippen molar-refractivity contribution in [3.05, 3.63) is 0 Å². The van der Waals surface area contributed by atoms with Crippen LogP contribution in [0.4, 0.5) is 0 Å². The van der Waals surface area contributed by atoms with E-state index in [1.807, 2.05) is 0 Å². The van der Waals surface area contributed by atoms with Crippen LogP contribution in [0.5, 0.6) is 0 Å². The van der Waals surface area contributed by atoms with Gasteiger partial charge in [0.15, 0.2) is 0 Å². The molecule has 7 nitrogen and oxygen atoms in total. The quantitative estimate of drug-likeness (QED) is 0.756. The second kappa shape index (κ2) is 5.01. The highest BCUT2D eigenvalue weighted by atomic mass is 32.2. The first-order valence-electron chi connectivity index (χ1n) is 6.43. The van der Waals surface area contributed by atoms with Gasteiger partial charge in [0.05, 0.1) is 12.2 Å². The van der Waals surface area contributed by atoms with Crippen molar-refractivity contribution in [2.24, 2.45) is 0 Å². The molecule has 2 fully saturated rings. The van der Waals surface area contributed by atoms with E-state index < -0.39 is 21.7 Å². The van der Waals surface area contributed by atoms with Gasteiger partial charge in [-0.15, -0.1) is 0 Å². The Hall–Kier alpha value is -0.700. The highest BCUT2D eigenvalue weighted by Crippen LogP contribution is 2.33. The molecule has 0 spiro atoms. The molecular formula is C11H20N2O5S. The summed E-state index contributed by atoms with van der Waals surface area (Å²) < 4.78 is 33.7. The number of ether oxygens (including phenoxy) is 1. The summed E-state index contributed by atoms with van der Waals surface area (Å²) in [6, 6.07) is 0. The van der Waals surface area contributed by atoms with E-state index in [1.54, 1.807) is 13.8 Å². The molecule has 2 N–H and O–H groups in total. The highest BCUT2D eigenvalue weighted by molar-refractivity contribution is 7.87. The summed E-state index contributed by atoms with van der Waals surface area (Å²) in [5, 5.41) is 9.18. The van der Waals surface area contributed by atoms with Crippen LogP contribution >= 0.6 is 0 Å². The Bertz CT molecular complexity index is 450. The zero-order chi connectivity index (χ0) is 14.3. The van der Waals surface area contributed by atoms with Crippen molar-refractivity contribution in [1.82, 2.24) is 9.03 Å². The number of hydrogen-bond donors (Lipinski definition) is 2. The summed E-state index contributed by atoms with van der Waals surface area (Å²) in [6.07, 6.45) is 1.03. The molecule has 0 radical (unpaired) electrons. The van der Waals surface area contributed by atoms with Gasteiger partial charge in [-0.05, 0) is 33.1 Å². The van der Waals surface area contributed by atoms with Gasteiger partial charge in [-0.2, -0.15) is 17.4 Å². The van der Waals surface area contributed by atoms with Crippen LogP contribution in [0, 0.1) is 0 Å². The molecule has 2 unspecified atom stereocenters. The fourth-order valence-electron chi connectivity index (χ4n) is 2.53. The smallest absolute Gasteiger partial charge is 0.324 e. The molecule has 0 aromatic rings. The summed E-state index contributed by atoms with van der Waals surface area (Å²) >= 11 is 0. The van der Waals surface area contributed by atoms with E-state index >= 15 is 0 Å². The zero-order valence-corrected chi connectivity index (χ0v) is 11.9. The van der Waals surface area contributed by atoms with Crippen LogP contribution in [0.15, 0.2) is 0 Å². The zero-order valence-electron chi connectivity index (χ0n) is 11.1. The normalized spacial score (nSPS) is 31.7. The van der Waals surface area contributed by atoms with Gasteiger partial charge < -0.3 is 9.84 Å². The molecule has 2 aliphatic rings. The van der Waals surface area contributed by atoms with Gasteiger partial charge in [-0.1, -0.05) is 0 Å². The van der Waals surface area contributed by atoms with Gasteiger partial charge in [0, 0.05) is 13.1 Å². The monoisotopic (exact) mass is 292 g/mol. The van der Waals surface area contributed by atoms with Crippen molar-refractivity contribution >= 4 is 16.2 Å². The molecule has 1 saturated carbocycles. The molecule has 1 aliphatic heterocycles. The predicted molar refractivity (Wildman–Crippen MR) is 67.9 cm³/mol. The first-order chi connectivity index (χ1) is 8.75. The van der Waals surface area contributed by atoms with Crippen molar-refractivity contribution < 1.29 is 23.1 Å². The predicted octanol–water partition coefficient (Wildman–Crippen LogP) is -0.0627. The van der Waals surface area contributed by atoms with Gasteiger partial charge in [0.2, 0.25) is 0 Å². The van der Waals surface area contributed by atoms with Crippen LogP contribution in [-0.4, -0.2) is 54.6 Å². The summed E-state index contributed by atoms with van der Waals surface area (Å²) in [7, 11) is -3.79. The molecule has 2 atom stereocenters. The molecular weight excluding hydrogens is 272 g/mol. The molecule has 8 heteroatoms. The number of carboxylic acid groups (broad SMARTS) is 1. The number of carbonyl (C=O) groups is 1. The molecule has 0 aromatic carbocycles. The minimum atomic E-state index is -3.79. The lowest BCUT2D eigenvalue weighted by Crippen LogP contribution is -2.63. The Morgan fingerprint density at radius 2 is 1.84 bits per heavy atom. The van der Waals surface area contributed by atoms with Crippen molar-refractivity contribution in [3.8, 4) is 0 Å².